The van der Waals surface area contributed by atoms with Gasteiger partial charge in [-0.05, 0) is 51.8 Å². The lowest BCUT2D eigenvalue weighted by Gasteiger charge is -2.34. The number of piperazine rings is 1. The zero-order valence-electron chi connectivity index (χ0n) is 20.5. The van der Waals surface area contributed by atoms with Gasteiger partial charge in [0.15, 0.2) is 0 Å². The Balaban J connectivity index is 1.69. The fourth-order valence-electron chi connectivity index (χ4n) is 4.40. The van der Waals surface area contributed by atoms with Gasteiger partial charge in [-0.2, -0.15) is 4.98 Å². The predicted molar refractivity (Wildman–Crippen MR) is 137 cm³/mol. The molecule has 0 aliphatic carbocycles. The lowest BCUT2D eigenvalue weighted by molar-refractivity contribution is -0.129. The molecule has 2 N–H and O–H groups in total. The van der Waals surface area contributed by atoms with Gasteiger partial charge in [-0.25, -0.2) is 4.98 Å². The van der Waals surface area contributed by atoms with E-state index in [1.807, 2.05) is 53.8 Å². The third kappa shape index (κ3) is 5.06. The smallest absolute Gasteiger partial charge is 0.228 e. The van der Waals surface area contributed by atoms with Crippen molar-refractivity contribution in [3.63, 3.8) is 0 Å². The van der Waals surface area contributed by atoms with Gasteiger partial charge in [0, 0.05) is 55.9 Å². The number of carbonyl (C=O) groups is 1. The lowest BCUT2D eigenvalue weighted by atomic mass is 9.95. The highest BCUT2D eigenvalue weighted by molar-refractivity contribution is 6.30. The van der Waals surface area contributed by atoms with Crippen molar-refractivity contribution in [2.45, 2.75) is 52.6 Å². The first-order chi connectivity index (χ1) is 16.0. The first-order valence-corrected chi connectivity index (χ1v) is 12.1. The van der Waals surface area contributed by atoms with E-state index < -0.39 is 0 Å². The van der Waals surface area contributed by atoms with Gasteiger partial charge in [0.25, 0.3) is 0 Å². The zero-order valence-corrected chi connectivity index (χ0v) is 21.2. The first-order valence-electron chi connectivity index (χ1n) is 11.7. The molecule has 2 aromatic heterocycles. The van der Waals surface area contributed by atoms with Gasteiger partial charge < -0.3 is 24.8 Å². The van der Waals surface area contributed by atoms with Crippen LogP contribution in [0, 0.1) is 0 Å². The summed E-state index contributed by atoms with van der Waals surface area (Å²) in [6, 6.07) is 7.93. The van der Waals surface area contributed by atoms with Crippen LogP contribution in [0.2, 0.25) is 5.02 Å². The van der Waals surface area contributed by atoms with Crippen molar-refractivity contribution in [3.8, 4) is 5.88 Å². The van der Waals surface area contributed by atoms with Crippen molar-refractivity contribution >= 4 is 40.2 Å². The van der Waals surface area contributed by atoms with Gasteiger partial charge in [0.2, 0.25) is 17.7 Å². The minimum atomic E-state index is -0.324. The summed E-state index contributed by atoms with van der Waals surface area (Å²) < 4.78 is 1.81. The highest BCUT2D eigenvalue weighted by Crippen LogP contribution is 2.35. The Morgan fingerprint density at radius 1 is 1.15 bits per heavy atom. The molecule has 0 atom stereocenters. The van der Waals surface area contributed by atoms with Crippen LogP contribution in [0.1, 0.15) is 46.2 Å². The molecule has 3 heterocycles. The van der Waals surface area contributed by atoms with Crippen molar-refractivity contribution in [2.24, 2.45) is 0 Å². The Bertz CT molecular complexity index is 1180. The molecule has 3 aromatic rings. The van der Waals surface area contributed by atoms with Gasteiger partial charge in [-0.3, -0.25) is 4.79 Å². The summed E-state index contributed by atoms with van der Waals surface area (Å²) in [6.45, 7) is 12.4. The topological polar surface area (TPSA) is 86.5 Å². The Morgan fingerprint density at radius 2 is 1.79 bits per heavy atom. The Labute approximate surface area is 205 Å². The predicted octanol–water partition coefficient (Wildman–Crippen LogP) is 4.47. The number of amides is 1. The fraction of sp³-hybridized carbons (Fsp3) is 0.480. The summed E-state index contributed by atoms with van der Waals surface area (Å²) in [7, 11) is 0. The van der Waals surface area contributed by atoms with Gasteiger partial charge >= 0.3 is 0 Å². The molecule has 0 spiro atoms. The number of halogens is 1. The number of aromatic nitrogens is 3. The zero-order chi connectivity index (χ0) is 24.6. The molecule has 1 aliphatic heterocycles. The summed E-state index contributed by atoms with van der Waals surface area (Å²) in [4.78, 5) is 25.3. The molecular formula is C25H33ClN6O2. The fourth-order valence-corrected chi connectivity index (χ4v) is 4.53. The molecule has 182 valence electrons. The summed E-state index contributed by atoms with van der Waals surface area (Å²) in [6.07, 6.45) is 2.67. The van der Waals surface area contributed by atoms with Crippen LogP contribution in [0.5, 0.6) is 5.88 Å². The third-order valence-corrected chi connectivity index (χ3v) is 6.49. The van der Waals surface area contributed by atoms with Crippen LogP contribution in [-0.4, -0.2) is 62.2 Å². The molecule has 0 bridgehead atoms. The van der Waals surface area contributed by atoms with Crippen LogP contribution in [0.3, 0.4) is 0 Å². The van der Waals surface area contributed by atoms with Crippen LogP contribution >= 0.6 is 11.6 Å². The molecular weight excluding hydrogens is 452 g/mol. The van der Waals surface area contributed by atoms with Gasteiger partial charge in [0.05, 0.1) is 5.39 Å². The highest BCUT2D eigenvalue weighted by Gasteiger charge is 2.26. The summed E-state index contributed by atoms with van der Waals surface area (Å²) in [5.41, 5.74) is 1.36. The van der Waals surface area contributed by atoms with Crippen molar-refractivity contribution in [3.05, 3.63) is 41.0 Å². The molecule has 1 aliphatic rings. The van der Waals surface area contributed by atoms with E-state index >= 15 is 0 Å². The SMILES string of the molecule is CC(=O)N1CCN(c2nc(NC(C)(C)Cc3ccc(Cl)cc3)c3cn(C(C)C)c(O)c3n2)CC1. The second-order valence-corrected chi connectivity index (χ2v) is 10.3. The average molecular weight is 485 g/mol. The van der Waals surface area contributed by atoms with Crippen LogP contribution in [0.4, 0.5) is 11.8 Å². The van der Waals surface area contributed by atoms with Crippen LogP contribution in [-0.2, 0) is 11.2 Å². The minimum Gasteiger partial charge on any atom is -0.493 e. The molecule has 4 rings (SSSR count). The number of anilines is 2. The van der Waals surface area contributed by atoms with Crippen molar-refractivity contribution in [2.75, 3.05) is 36.4 Å². The van der Waals surface area contributed by atoms with E-state index in [-0.39, 0.29) is 23.4 Å². The monoisotopic (exact) mass is 484 g/mol. The molecule has 1 fully saturated rings. The molecule has 0 saturated carbocycles. The van der Waals surface area contributed by atoms with E-state index in [0.29, 0.717) is 48.5 Å². The van der Waals surface area contributed by atoms with E-state index in [2.05, 4.69) is 24.1 Å². The molecule has 9 heteroatoms. The molecule has 0 radical (unpaired) electrons. The Morgan fingerprint density at radius 3 is 2.38 bits per heavy atom. The molecule has 1 saturated heterocycles. The third-order valence-electron chi connectivity index (χ3n) is 6.24. The minimum absolute atomic E-state index is 0.0756. The van der Waals surface area contributed by atoms with E-state index in [4.69, 9.17) is 21.6 Å². The van der Waals surface area contributed by atoms with Gasteiger partial charge in [-0.15, -0.1) is 0 Å². The number of nitrogens with zero attached hydrogens (tertiary/aromatic N) is 5. The standard InChI is InChI=1S/C25H33ClN6O2/c1-16(2)32-15-20-21(23(32)34)27-24(31-12-10-30(11-13-31)17(3)33)28-22(20)29-25(4,5)14-18-6-8-19(26)9-7-18/h6-9,15-16,34H,10-14H2,1-5H3,(H,27,28,29). The summed E-state index contributed by atoms with van der Waals surface area (Å²) in [5.74, 6) is 1.45. The maximum atomic E-state index is 11.7. The molecule has 1 aromatic carbocycles. The second kappa shape index (κ2) is 9.33. The number of carbonyl (C=O) groups excluding carboxylic acids is 1. The van der Waals surface area contributed by atoms with Crippen molar-refractivity contribution in [1.82, 2.24) is 19.4 Å². The number of hydrogen-bond donors (Lipinski definition) is 2. The maximum absolute atomic E-state index is 11.7. The average Bonchev–Trinajstić information content (AvgIpc) is 3.12. The van der Waals surface area contributed by atoms with Crippen LogP contribution in [0.25, 0.3) is 10.9 Å². The van der Waals surface area contributed by atoms with E-state index in [1.165, 1.54) is 0 Å². The maximum Gasteiger partial charge on any atom is 0.228 e. The first kappa shape index (κ1) is 24.1. The Hall–Kier alpha value is -3.00. The quantitative estimate of drug-likeness (QED) is 0.536. The van der Waals surface area contributed by atoms with Crippen LogP contribution in [0.15, 0.2) is 30.5 Å². The number of nitrogens with one attached hydrogen (secondary N) is 1. The number of fused-ring (bicyclic) bond motifs is 1. The number of benzene rings is 1. The van der Waals surface area contributed by atoms with Crippen molar-refractivity contribution in [1.29, 1.82) is 0 Å². The molecule has 8 nitrogen and oxygen atoms in total. The molecule has 0 unspecified atom stereocenters. The molecule has 34 heavy (non-hydrogen) atoms. The number of rotatable bonds is 6. The van der Waals surface area contributed by atoms with Gasteiger partial charge in [0.1, 0.15) is 11.3 Å². The van der Waals surface area contributed by atoms with E-state index in [1.54, 1.807) is 6.92 Å². The molecule has 1 amide bonds. The highest BCUT2D eigenvalue weighted by atomic mass is 35.5. The van der Waals surface area contributed by atoms with E-state index in [9.17, 15) is 9.90 Å². The van der Waals surface area contributed by atoms with Crippen LogP contribution < -0.4 is 10.2 Å². The van der Waals surface area contributed by atoms with Crippen molar-refractivity contribution < 1.29 is 9.90 Å². The van der Waals surface area contributed by atoms with Gasteiger partial charge in [-0.1, -0.05) is 23.7 Å². The lowest BCUT2D eigenvalue weighted by Crippen LogP contribution is -2.48. The second-order valence-electron chi connectivity index (χ2n) is 9.89. The largest absolute Gasteiger partial charge is 0.493 e. The summed E-state index contributed by atoms with van der Waals surface area (Å²) >= 11 is 6.05. The Kier molecular flexibility index (Phi) is 6.62. The normalized spacial score (nSPS) is 14.8. The number of aromatic hydroxyl groups is 1. The summed E-state index contributed by atoms with van der Waals surface area (Å²) in [5, 5.41) is 16.0. The van der Waals surface area contributed by atoms with E-state index in [0.717, 1.165) is 17.4 Å². The number of hydrogen-bond acceptors (Lipinski definition) is 6.